The van der Waals surface area contributed by atoms with Crippen molar-refractivity contribution in [1.29, 1.82) is 0 Å². The van der Waals surface area contributed by atoms with Crippen LogP contribution in [-0.2, 0) is 0 Å². The van der Waals surface area contributed by atoms with Gasteiger partial charge < -0.3 is 4.90 Å². The quantitative estimate of drug-likeness (QED) is 0.758. The number of benzene rings is 2. The van der Waals surface area contributed by atoms with E-state index in [9.17, 15) is 4.39 Å². The topological polar surface area (TPSA) is 15.6 Å². The Kier molecular flexibility index (Phi) is 4.00. The molecule has 0 spiro atoms. The first kappa shape index (κ1) is 13.8. The highest BCUT2D eigenvalue weighted by atomic mass is 19.1. The maximum absolute atomic E-state index is 14.2. The zero-order valence-electron chi connectivity index (χ0n) is 12.2. The highest BCUT2D eigenvalue weighted by Crippen LogP contribution is 2.24. The molecule has 0 unspecified atom stereocenters. The van der Waals surface area contributed by atoms with Crippen LogP contribution in [-0.4, -0.2) is 19.3 Å². The maximum atomic E-state index is 14.2. The van der Waals surface area contributed by atoms with Gasteiger partial charge in [-0.2, -0.15) is 0 Å². The van der Waals surface area contributed by atoms with Crippen molar-refractivity contribution in [3.63, 3.8) is 0 Å². The van der Waals surface area contributed by atoms with Gasteiger partial charge in [0.05, 0.1) is 11.4 Å². The fourth-order valence-electron chi connectivity index (χ4n) is 2.67. The number of aliphatic imine (C=N–C) groups is 1. The molecule has 0 aliphatic carbocycles. The first-order chi connectivity index (χ1) is 10.2. The number of anilines is 1. The van der Waals surface area contributed by atoms with E-state index in [1.54, 1.807) is 12.3 Å². The van der Waals surface area contributed by atoms with Crippen LogP contribution in [0.3, 0.4) is 0 Å². The van der Waals surface area contributed by atoms with Crippen molar-refractivity contribution in [3.05, 3.63) is 59.4 Å². The minimum atomic E-state index is -0.161. The fourth-order valence-corrected chi connectivity index (χ4v) is 2.67. The Labute approximate surface area is 124 Å². The van der Waals surface area contributed by atoms with Crippen molar-refractivity contribution in [2.75, 3.05) is 18.0 Å². The van der Waals surface area contributed by atoms with Crippen molar-refractivity contribution in [3.8, 4) is 0 Å². The lowest BCUT2D eigenvalue weighted by atomic mass is 10.2. The molecule has 1 aliphatic heterocycles. The Morgan fingerprint density at radius 2 is 1.86 bits per heavy atom. The van der Waals surface area contributed by atoms with Gasteiger partial charge >= 0.3 is 0 Å². The standard InChI is InChI=1S/C18H19FN2/c1-14-6-2-3-7-17(14)20-13-15-8-9-18(16(19)12-15)21-10-4-5-11-21/h2-3,6-9,12-13H,4-5,10-11H2,1H3. The van der Waals surface area contributed by atoms with E-state index in [1.807, 2.05) is 43.3 Å². The summed E-state index contributed by atoms with van der Waals surface area (Å²) in [4.78, 5) is 6.55. The number of halogens is 1. The predicted molar refractivity (Wildman–Crippen MR) is 86.3 cm³/mol. The summed E-state index contributed by atoms with van der Waals surface area (Å²) in [5, 5.41) is 0. The molecular weight excluding hydrogens is 263 g/mol. The third-order valence-corrected chi connectivity index (χ3v) is 3.89. The molecule has 1 aliphatic rings. The Bertz CT molecular complexity index is 658. The Hall–Kier alpha value is -2.16. The predicted octanol–water partition coefficient (Wildman–Crippen LogP) is 4.48. The summed E-state index contributed by atoms with van der Waals surface area (Å²) < 4.78 is 14.2. The molecule has 2 nitrogen and oxygen atoms in total. The van der Waals surface area contributed by atoms with Crippen LogP contribution in [0.15, 0.2) is 47.5 Å². The Morgan fingerprint density at radius 1 is 1.10 bits per heavy atom. The van der Waals surface area contributed by atoms with Crippen molar-refractivity contribution in [1.82, 2.24) is 0 Å². The van der Waals surface area contributed by atoms with Crippen LogP contribution in [0.2, 0.25) is 0 Å². The van der Waals surface area contributed by atoms with E-state index in [0.29, 0.717) is 5.69 Å². The van der Waals surface area contributed by atoms with E-state index < -0.39 is 0 Å². The molecule has 3 heteroatoms. The van der Waals surface area contributed by atoms with Crippen LogP contribution in [0.5, 0.6) is 0 Å². The van der Waals surface area contributed by atoms with E-state index in [-0.39, 0.29) is 5.82 Å². The first-order valence-electron chi connectivity index (χ1n) is 7.38. The van der Waals surface area contributed by atoms with E-state index in [2.05, 4.69) is 9.89 Å². The summed E-state index contributed by atoms with van der Waals surface area (Å²) in [6, 6.07) is 13.3. The molecule has 1 saturated heterocycles. The molecule has 0 saturated carbocycles. The van der Waals surface area contributed by atoms with E-state index in [0.717, 1.165) is 42.7 Å². The highest BCUT2D eigenvalue weighted by molar-refractivity contribution is 5.83. The van der Waals surface area contributed by atoms with Crippen LogP contribution in [0, 0.1) is 12.7 Å². The van der Waals surface area contributed by atoms with Gasteiger partial charge in [-0.05, 0) is 49.1 Å². The van der Waals surface area contributed by atoms with Crippen molar-refractivity contribution in [2.24, 2.45) is 4.99 Å². The van der Waals surface area contributed by atoms with Gasteiger partial charge in [-0.15, -0.1) is 0 Å². The summed E-state index contributed by atoms with van der Waals surface area (Å²) >= 11 is 0. The number of rotatable bonds is 3. The summed E-state index contributed by atoms with van der Waals surface area (Å²) in [7, 11) is 0. The molecule has 21 heavy (non-hydrogen) atoms. The molecular formula is C18H19FN2. The summed E-state index contributed by atoms with van der Waals surface area (Å²) in [6.45, 7) is 3.92. The minimum Gasteiger partial charge on any atom is -0.369 e. The first-order valence-corrected chi connectivity index (χ1v) is 7.38. The smallest absolute Gasteiger partial charge is 0.147 e. The van der Waals surface area contributed by atoms with Gasteiger partial charge in [0.25, 0.3) is 0 Å². The monoisotopic (exact) mass is 282 g/mol. The fraction of sp³-hybridized carbons (Fsp3) is 0.278. The SMILES string of the molecule is Cc1ccccc1N=Cc1ccc(N2CCCC2)c(F)c1. The lowest BCUT2D eigenvalue weighted by Gasteiger charge is -2.18. The summed E-state index contributed by atoms with van der Waals surface area (Å²) in [5.74, 6) is -0.161. The maximum Gasteiger partial charge on any atom is 0.147 e. The number of para-hydroxylation sites is 1. The molecule has 1 fully saturated rings. The molecule has 1 heterocycles. The van der Waals surface area contributed by atoms with Gasteiger partial charge in [0.2, 0.25) is 0 Å². The molecule has 0 radical (unpaired) electrons. The molecule has 0 atom stereocenters. The Balaban J connectivity index is 1.80. The molecule has 0 aromatic heterocycles. The number of nitrogens with zero attached hydrogens (tertiary/aromatic N) is 2. The third-order valence-electron chi connectivity index (χ3n) is 3.89. The second kappa shape index (κ2) is 6.08. The van der Waals surface area contributed by atoms with Gasteiger partial charge in [-0.1, -0.05) is 24.3 Å². The van der Waals surface area contributed by atoms with Gasteiger partial charge in [-0.3, -0.25) is 4.99 Å². The van der Waals surface area contributed by atoms with Crippen LogP contribution < -0.4 is 4.90 Å². The third kappa shape index (κ3) is 3.13. The van der Waals surface area contributed by atoms with Crippen LogP contribution in [0.25, 0.3) is 0 Å². The molecule has 0 bridgehead atoms. The van der Waals surface area contributed by atoms with E-state index in [4.69, 9.17) is 0 Å². The lowest BCUT2D eigenvalue weighted by Crippen LogP contribution is -2.18. The molecule has 3 rings (SSSR count). The van der Waals surface area contributed by atoms with Gasteiger partial charge in [-0.25, -0.2) is 4.39 Å². The molecule has 0 N–H and O–H groups in total. The number of aryl methyl sites for hydroxylation is 1. The number of hydrogen-bond donors (Lipinski definition) is 0. The largest absolute Gasteiger partial charge is 0.369 e. The average Bonchev–Trinajstić information content (AvgIpc) is 3.00. The van der Waals surface area contributed by atoms with E-state index in [1.165, 1.54) is 0 Å². The van der Waals surface area contributed by atoms with Crippen LogP contribution in [0.4, 0.5) is 15.8 Å². The van der Waals surface area contributed by atoms with Crippen LogP contribution >= 0.6 is 0 Å². The van der Waals surface area contributed by atoms with Gasteiger partial charge in [0.1, 0.15) is 5.82 Å². The second-order valence-electron chi connectivity index (χ2n) is 5.45. The van der Waals surface area contributed by atoms with Crippen molar-refractivity contribution in [2.45, 2.75) is 19.8 Å². The summed E-state index contributed by atoms with van der Waals surface area (Å²) in [5.41, 5.74) is 3.53. The van der Waals surface area contributed by atoms with Gasteiger partial charge in [0.15, 0.2) is 0 Å². The second-order valence-corrected chi connectivity index (χ2v) is 5.45. The van der Waals surface area contributed by atoms with Crippen molar-refractivity contribution < 1.29 is 4.39 Å². The highest BCUT2D eigenvalue weighted by Gasteiger charge is 2.15. The normalized spacial score (nSPS) is 15.0. The Morgan fingerprint density at radius 3 is 2.57 bits per heavy atom. The van der Waals surface area contributed by atoms with Crippen LogP contribution in [0.1, 0.15) is 24.0 Å². The minimum absolute atomic E-state index is 0.161. The van der Waals surface area contributed by atoms with Crippen molar-refractivity contribution >= 4 is 17.6 Å². The van der Waals surface area contributed by atoms with Gasteiger partial charge in [0, 0.05) is 19.3 Å². The zero-order valence-corrected chi connectivity index (χ0v) is 12.2. The average molecular weight is 282 g/mol. The molecule has 0 amide bonds. The number of hydrogen-bond acceptors (Lipinski definition) is 2. The molecule has 2 aromatic rings. The molecule has 108 valence electrons. The molecule has 2 aromatic carbocycles. The zero-order chi connectivity index (χ0) is 14.7. The lowest BCUT2D eigenvalue weighted by molar-refractivity contribution is 0.623. The summed E-state index contributed by atoms with van der Waals surface area (Å²) in [6.07, 6.45) is 4.02. The van der Waals surface area contributed by atoms with E-state index >= 15 is 0 Å².